The highest BCUT2D eigenvalue weighted by Crippen LogP contribution is 2.24. The van der Waals surface area contributed by atoms with Crippen LogP contribution in [0.3, 0.4) is 0 Å². The van der Waals surface area contributed by atoms with Gasteiger partial charge in [-0.1, -0.05) is 18.2 Å². The Morgan fingerprint density at radius 1 is 1.09 bits per heavy atom. The largest absolute Gasteiger partial charge is 0.339 e. The average Bonchev–Trinajstić information content (AvgIpc) is 2.77. The van der Waals surface area contributed by atoms with E-state index in [1.807, 2.05) is 0 Å². The van der Waals surface area contributed by atoms with E-state index >= 15 is 0 Å². The predicted octanol–water partition coefficient (Wildman–Crippen LogP) is 2.63. The number of non-ortho nitro benzene ring substituents is 1. The second kappa shape index (κ2) is 9.77. The average molecular weight is 461 g/mol. The van der Waals surface area contributed by atoms with Gasteiger partial charge in [0, 0.05) is 25.2 Å². The van der Waals surface area contributed by atoms with Gasteiger partial charge < -0.3 is 10.2 Å². The van der Waals surface area contributed by atoms with Crippen LogP contribution in [-0.2, 0) is 14.8 Å². The van der Waals surface area contributed by atoms with Crippen molar-refractivity contribution in [2.75, 3.05) is 35.5 Å². The Morgan fingerprint density at radius 3 is 2.44 bits per heavy atom. The molecular formula is C21H24N4O6S. The fourth-order valence-corrected chi connectivity index (χ4v) is 4.38. The minimum absolute atomic E-state index is 0.00507. The number of rotatable bonds is 7. The number of nitrogens with zero attached hydrogens (tertiary/aromatic N) is 3. The van der Waals surface area contributed by atoms with Crippen LogP contribution in [0.25, 0.3) is 0 Å². The summed E-state index contributed by atoms with van der Waals surface area (Å²) in [6.07, 6.45) is 3.83. The van der Waals surface area contributed by atoms with Crippen LogP contribution in [0.2, 0.25) is 0 Å². The first-order valence-corrected chi connectivity index (χ1v) is 11.9. The molecule has 0 radical (unpaired) electrons. The zero-order valence-electron chi connectivity index (χ0n) is 17.6. The van der Waals surface area contributed by atoms with E-state index in [-0.39, 0.29) is 23.0 Å². The van der Waals surface area contributed by atoms with Crippen molar-refractivity contribution in [2.45, 2.75) is 19.3 Å². The summed E-state index contributed by atoms with van der Waals surface area (Å²) in [6.45, 7) is 0.692. The predicted molar refractivity (Wildman–Crippen MR) is 120 cm³/mol. The molecule has 1 fully saturated rings. The third kappa shape index (κ3) is 5.61. The van der Waals surface area contributed by atoms with Gasteiger partial charge in [0.2, 0.25) is 15.9 Å². The molecule has 1 heterocycles. The first kappa shape index (κ1) is 23.2. The number of carbonyl (C=O) groups excluding carboxylic acids is 2. The summed E-state index contributed by atoms with van der Waals surface area (Å²) in [4.78, 5) is 37.8. The van der Waals surface area contributed by atoms with E-state index in [0.717, 1.165) is 35.9 Å². The molecule has 11 heteroatoms. The summed E-state index contributed by atoms with van der Waals surface area (Å²) in [6, 6.07) is 11.6. The maximum absolute atomic E-state index is 12.9. The number of amides is 2. The highest BCUT2D eigenvalue weighted by molar-refractivity contribution is 7.92. The smallest absolute Gasteiger partial charge is 0.271 e. The minimum atomic E-state index is -3.92. The van der Waals surface area contributed by atoms with Crippen molar-refractivity contribution >= 4 is 38.9 Å². The highest BCUT2D eigenvalue weighted by atomic mass is 32.2. The Bertz CT molecular complexity index is 1130. The molecule has 0 atom stereocenters. The van der Waals surface area contributed by atoms with E-state index in [2.05, 4.69) is 5.32 Å². The fraction of sp³-hybridized carbons (Fsp3) is 0.333. The van der Waals surface area contributed by atoms with Gasteiger partial charge in [0.15, 0.2) is 0 Å². The lowest BCUT2D eigenvalue weighted by atomic mass is 10.1. The second-order valence-corrected chi connectivity index (χ2v) is 9.40. The van der Waals surface area contributed by atoms with Crippen LogP contribution in [0.4, 0.5) is 17.1 Å². The van der Waals surface area contributed by atoms with Gasteiger partial charge in [0.25, 0.3) is 11.6 Å². The zero-order valence-corrected chi connectivity index (χ0v) is 18.4. The monoisotopic (exact) mass is 460 g/mol. The quantitative estimate of drug-likeness (QED) is 0.499. The van der Waals surface area contributed by atoms with Crippen LogP contribution in [0.5, 0.6) is 0 Å². The van der Waals surface area contributed by atoms with Crippen LogP contribution in [-0.4, -0.2) is 55.9 Å². The van der Waals surface area contributed by atoms with Crippen molar-refractivity contribution in [3.8, 4) is 0 Å². The summed E-state index contributed by atoms with van der Waals surface area (Å²) in [7, 11) is -3.92. The number of likely N-dealkylation sites (tertiary alicyclic amines) is 1. The second-order valence-electron chi connectivity index (χ2n) is 7.49. The van der Waals surface area contributed by atoms with E-state index in [1.54, 1.807) is 29.2 Å². The van der Waals surface area contributed by atoms with Crippen LogP contribution in [0, 0.1) is 10.1 Å². The summed E-state index contributed by atoms with van der Waals surface area (Å²) in [5, 5.41) is 13.7. The summed E-state index contributed by atoms with van der Waals surface area (Å²) in [5.41, 5.74) is 0.299. The number of para-hydroxylation sites is 1. The maximum Gasteiger partial charge on any atom is 0.271 e. The van der Waals surface area contributed by atoms with Crippen LogP contribution >= 0.6 is 0 Å². The van der Waals surface area contributed by atoms with Gasteiger partial charge in [-0.2, -0.15) is 0 Å². The van der Waals surface area contributed by atoms with Crippen LogP contribution in [0.15, 0.2) is 48.5 Å². The SMILES string of the molecule is CS(=O)(=O)N(CC(=O)Nc1ccccc1C(=O)N1CCCCC1)c1cccc([N+](=O)[O-])c1. The molecule has 1 N–H and O–H groups in total. The Balaban J connectivity index is 1.81. The fourth-order valence-electron chi connectivity index (χ4n) is 3.53. The van der Waals surface area contributed by atoms with Gasteiger partial charge in [-0.25, -0.2) is 8.42 Å². The standard InChI is InChI=1S/C21H24N4O6S/c1-32(30,31)24(16-8-7-9-17(14-16)25(28)29)15-20(26)22-19-11-4-3-10-18(19)21(27)23-12-5-2-6-13-23/h3-4,7-11,14H,2,5-6,12-13,15H2,1H3,(H,22,26). The number of hydrogen-bond donors (Lipinski definition) is 1. The van der Waals surface area contributed by atoms with Crippen LogP contribution in [0.1, 0.15) is 29.6 Å². The number of nitro benzene ring substituents is 1. The molecule has 2 aromatic carbocycles. The number of nitrogens with one attached hydrogen (secondary N) is 1. The molecule has 0 saturated carbocycles. The number of piperidine rings is 1. The van der Waals surface area contributed by atoms with Crippen molar-refractivity contribution < 1.29 is 22.9 Å². The Kier molecular flexibility index (Phi) is 7.08. The molecule has 2 aromatic rings. The Hall–Kier alpha value is -3.47. The lowest BCUT2D eigenvalue weighted by Crippen LogP contribution is -2.38. The van der Waals surface area contributed by atoms with Gasteiger partial charge in [-0.3, -0.25) is 24.0 Å². The number of nitro groups is 1. The lowest BCUT2D eigenvalue weighted by molar-refractivity contribution is -0.384. The van der Waals surface area contributed by atoms with Crippen molar-refractivity contribution in [1.29, 1.82) is 0 Å². The number of anilines is 2. The first-order valence-electron chi connectivity index (χ1n) is 10.1. The number of carbonyl (C=O) groups is 2. The molecule has 1 aliphatic heterocycles. The van der Waals surface area contributed by atoms with E-state index in [0.29, 0.717) is 18.7 Å². The molecule has 10 nitrogen and oxygen atoms in total. The number of benzene rings is 2. The van der Waals surface area contributed by atoms with Crippen molar-refractivity contribution in [2.24, 2.45) is 0 Å². The molecule has 32 heavy (non-hydrogen) atoms. The molecule has 0 bridgehead atoms. The Morgan fingerprint density at radius 2 is 1.78 bits per heavy atom. The summed E-state index contributed by atoms with van der Waals surface area (Å²) in [5.74, 6) is -0.875. The molecule has 0 aromatic heterocycles. The molecule has 0 spiro atoms. The number of hydrogen-bond acceptors (Lipinski definition) is 6. The number of sulfonamides is 1. The normalized spacial score (nSPS) is 14.0. The topological polar surface area (TPSA) is 130 Å². The molecule has 0 aliphatic carbocycles. The highest BCUT2D eigenvalue weighted by Gasteiger charge is 2.25. The van der Waals surface area contributed by atoms with E-state index in [1.165, 1.54) is 18.2 Å². The zero-order chi connectivity index (χ0) is 23.3. The third-order valence-corrected chi connectivity index (χ3v) is 6.23. The van der Waals surface area contributed by atoms with E-state index < -0.39 is 27.4 Å². The molecule has 1 aliphatic rings. The summed E-state index contributed by atoms with van der Waals surface area (Å²) < 4.78 is 25.4. The van der Waals surface area contributed by atoms with Gasteiger partial charge in [0.05, 0.1) is 28.1 Å². The molecular weight excluding hydrogens is 436 g/mol. The van der Waals surface area contributed by atoms with Crippen molar-refractivity contribution in [1.82, 2.24) is 4.90 Å². The van der Waals surface area contributed by atoms with Crippen molar-refractivity contribution in [3.63, 3.8) is 0 Å². The third-order valence-electron chi connectivity index (χ3n) is 5.09. The summed E-state index contributed by atoms with van der Waals surface area (Å²) >= 11 is 0. The van der Waals surface area contributed by atoms with E-state index in [9.17, 15) is 28.1 Å². The molecule has 170 valence electrons. The molecule has 0 unspecified atom stereocenters. The Labute approximate surface area is 186 Å². The van der Waals surface area contributed by atoms with E-state index in [4.69, 9.17) is 0 Å². The minimum Gasteiger partial charge on any atom is -0.339 e. The lowest BCUT2D eigenvalue weighted by Gasteiger charge is -2.27. The molecule has 1 saturated heterocycles. The first-order chi connectivity index (χ1) is 15.2. The van der Waals surface area contributed by atoms with Gasteiger partial charge in [0.1, 0.15) is 6.54 Å². The van der Waals surface area contributed by atoms with Gasteiger partial charge >= 0.3 is 0 Å². The molecule has 2 amide bonds. The van der Waals surface area contributed by atoms with Gasteiger partial charge in [-0.15, -0.1) is 0 Å². The van der Waals surface area contributed by atoms with Gasteiger partial charge in [-0.05, 0) is 37.5 Å². The van der Waals surface area contributed by atoms with Crippen molar-refractivity contribution in [3.05, 3.63) is 64.2 Å². The maximum atomic E-state index is 12.9. The molecule has 3 rings (SSSR count). The van der Waals surface area contributed by atoms with Crippen LogP contribution < -0.4 is 9.62 Å².